The molecule has 3 nitrogen and oxygen atoms in total. The summed E-state index contributed by atoms with van der Waals surface area (Å²) >= 11 is 5.93. The molecule has 0 N–H and O–H groups in total. The second-order valence-corrected chi connectivity index (χ2v) is 4.60. The average Bonchev–Trinajstić information content (AvgIpc) is 2.75. The van der Waals surface area contributed by atoms with Gasteiger partial charge < -0.3 is 0 Å². The molecule has 0 amide bonds. The Kier molecular flexibility index (Phi) is 2.95. The van der Waals surface area contributed by atoms with Crippen molar-refractivity contribution >= 4 is 22.8 Å². The number of nitrogens with zero attached hydrogens (tertiary/aromatic N) is 3. The van der Waals surface area contributed by atoms with Crippen LogP contribution < -0.4 is 0 Å². The summed E-state index contributed by atoms with van der Waals surface area (Å²) in [6.45, 7) is 1.85. The highest BCUT2D eigenvalue weighted by Gasteiger charge is 2.13. The summed E-state index contributed by atoms with van der Waals surface area (Å²) in [5.41, 5.74) is 2.96. The Hall–Kier alpha value is -1.94. The quantitative estimate of drug-likeness (QED) is 0.669. The maximum Gasteiger partial charge on any atom is 0.164 e. The lowest BCUT2D eigenvalue weighted by Crippen LogP contribution is -2.01. The van der Waals surface area contributed by atoms with Crippen molar-refractivity contribution < 1.29 is 4.39 Å². The first-order valence-electron chi connectivity index (χ1n) is 5.85. The lowest BCUT2D eigenvalue weighted by molar-refractivity contribution is 0.625. The van der Waals surface area contributed by atoms with Crippen LogP contribution in [0.4, 0.5) is 4.39 Å². The molecule has 0 bridgehead atoms. The average molecular weight is 276 g/mol. The monoisotopic (exact) mass is 275 g/mol. The van der Waals surface area contributed by atoms with Gasteiger partial charge in [0.15, 0.2) is 5.65 Å². The second kappa shape index (κ2) is 4.63. The molecule has 0 aliphatic carbocycles. The van der Waals surface area contributed by atoms with E-state index in [1.807, 2.05) is 25.1 Å². The van der Waals surface area contributed by atoms with Crippen LogP contribution in [-0.2, 0) is 5.88 Å². The van der Waals surface area contributed by atoms with Gasteiger partial charge in [-0.3, -0.25) is 4.57 Å². The number of imidazole rings is 1. The number of aryl methyl sites for hydroxylation is 1. The summed E-state index contributed by atoms with van der Waals surface area (Å²) in [4.78, 5) is 8.72. The molecule has 0 saturated carbocycles. The van der Waals surface area contributed by atoms with E-state index in [1.54, 1.807) is 10.8 Å². The van der Waals surface area contributed by atoms with E-state index in [-0.39, 0.29) is 11.7 Å². The zero-order chi connectivity index (χ0) is 13.4. The number of fused-ring (bicyclic) bond motifs is 1. The second-order valence-electron chi connectivity index (χ2n) is 4.33. The van der Waals surface area contributed by atoms with Crippen molar-refractivity contribution in [2.45, 2.75) is 12.8 Å². The lowest BCUT2D eigenvalue weighted by Gasteiger charge is -2.08. The third kappa shape index (κ3) is 2.08. The third-order valence-electron chi connectivity index (χ3n) is 2.89. The summed E-state index contributed by atoms with van der Waals surface area (Å²) in [6.07, 6.45) is 1.69. The molecule has 0 saturated heterocycles. The van der Waals surface area contributed by atoms with E-state index in [9.17, 15) is 4.39 Å². The number of aromatic nitrogens is 3. The van der Waals surface area contributed by atoms with E-state index in [2.05, 4.69) is 9.97 Å². The fourth-order valence-corrected chi connectivity index (χ4v) is 2.35. The van der Waals surface area contributed by atoms with Gasteiger partial charge in [0.1, 0.15) is 17.2 Å². The summed E-state index contributed by atoms with van der Waals surface area (Å²) < 4.78 is 15.4. The van der Waals surface area contributed by atoms with Crippen LogP contribution in [0.15, 0.2) is 36.5 Å². The Morgan fingerprint density at radius 1 is 1.32 bits per heavy atom. The highest BCUT2D eigenvalue weighted by Crippen LogP contribution is 2.22. The summed E-state index contributed by atoms with van der Waals surface area (Å²) in [5.74, 6) is 0.611. The molecular formula is C14H11ClFN3. The molecular weight excluding hydrogens is 265 g/mol. The summed E-state index contributed by atoms with van der Waals surface area (Å²) in [6, 6.07) is 8.50. The Morgan fingerprint density at radius 2 is 2.16 bits per heavy atom. The van der Waals surface area contributed by atoms with Crippen molar-refractivity contribution in [1.82, 2.24) is 14.5 Å². The van der Waals surface area contributed by atoms with Gasteiger partial charge in [0.2, 0.25) is 0 Å². The smallest absolute Gasteiger partial charge is 0.164 e. The minimum absolute atomic E-state index is 0.242. The van der Waals surface area contributed by atoms with Gasteiger partial charge in [-0.15, -0.1) is 11.6 Å². The van der Waals surface area contributed by atoms with Crippen molar-refractivity contribution in [2.75, 3.05) is 0 Å². The number of halogens is 2. The molecule has 19 heavy (non-hydrogen) atoms. The fraction of sp³-hybridized carbons (Fsp3) is 0.143. The van der Waals surface area contributed by atoms with Crippen molar-refractivity contribution in [3.63, 3.8) is 0 Å². The topological polar surface area (TPSA) is 30.7 Å². The molecule has 0 aliphatic rings. The van der Waals surface area contributed by atoms with Gasteiger partial charge >= 0.3 is 0 Å². The predicted molar refractivity (Wildman–Crippen MR) is 73.1 cm³/mol. The summed E-state index contributed by atoms with van der Waals surface area (Å²) in [7, 11) is 0. The van der Waals surface area contributed by atoms with Gasteiger partial charge in [0.05, 0.1) is 11.6 Å². The molecule has 96 valence electrons. The van der Waals surface area contributed by atoms with E-state index >= 15 is 0 Å². The number of rotatable bonds is 2. The molecule has 3 aromatic rings. The molecule has 0 aliphatic heterocycles. The van der Waals surface area contributed by atoms with Crippen molar-refractivity contribution in [3.8, 4) is 5.69 Å². The van der Waals surface area contributed by atoms with Crippen LogP contribution in [-0.4, -0.2) is 14.5 Å². The van der Waals surface area contributed by atoms with E-state index < -0.39 is 0 Å². The van der Waals surface area contributed by atoms with Crippen molar-refractivity contribution in [2.24, 2.45) is 0 Å². The van der Waals surface area contributed by atoms with Crippen molar-refractivity contribution in [1.29, 1.82) is 0 Å². The van der Waals surface area contributed by atoms with Crippen LogP contribution in [0.1, 0.15) is 11.4 Å². The van der Waals surface area contributed by atoms with Gasteiger partial charge in [-0.05, 0) is 42.8 Å². The number of alkyl halides is 1. The standard InChI is InChI=1S/C14H11ClFN3/c1-9-5-10(16)7-11(6-9)19-13(8-15)18-12-3-2-4-17-14(12)19/h2-7H,8H2,1H3. The van der Waals surface area contributed by atoms with Gasteiger partial charge in [-0.2, -0.15) is 0 Å². The van der Waals surface area contributed by atoms with E-state index in [1.165, 1.54) is 12.1 Å². The zero-order valence-corrected chi connectivity index (χ0v) is 11.0. The molecule has 3 rings (SSSR count). The predicted octanol–water partition coefficient (Wildman–Crippen LogP) is 3.61. The van der Waals surface area contributed by atoms with E-state index in [4.69, 9.17) is 11.6 Å². The van der Waals surface area contributed by atoms with Gasteiger partial charge in [0.25, 0.3) is 0 Å². The molecule has 2 heterocycles. The largest absolute Gasteiger partial charge is 0.280 e. The molecule has 0 spiro atoms. The molecule has 0 unspecified atom stereocenters. The highest BCUT2D eigenvalue weighted by molar-refractivity contribution is 6.16. The van der Waals surface area contributed by atoms with Crippen LogP contribution in [0, 0.1) is 12.7 Å². The van der Waals surface area contributed by atoms with Crippen LogP contribution in [0.3, 0.4) is 0 Å². The van der Waals surface area contributed by atoms with E-state index in [0.29, 0.717) is 17.2 Å². The number of pyridine rings is 1. The molecule has 2 aromatic heterocycles. The first kappa shape index (κ1) is 12.1. The Bertz CT molecular complexity index is 731. The zero-order valence-electron chi connectivity index (χ0n) is 10.3. The summed E-state index contributed by atoms with van der Waals surface area (Å²) in [5, 5.41) is 0. The third-order valence-corrected chi connectivity index (χ3v) is 3.13. The highest BCUT2D eigenvalue weighted by atomic mass is 35.5. The molecule has 5 heteroatoms. The first-order valence-corrected chi connectivity index (χ1v) is 6.38. The number of hydrogen-bond acceptors (Lipinski definition) is 2. The van der Waals surface area contributed by atoms with Crippen LogP contribution in [0.5, 0.6) is 0 Å². The molecule has 0 radical (unpaired) electrons. The minimum atomic E-state index is -0.284. The Labute approximate surface area is 114 Å². The van der Waals surface area contributed by atoms with Gasteiger partial charge in [0, 0.05) is 6.20 Å². The SMILES string of the molecule is Cc1cc(F)cc(-n2c(CCl)nc3cccnc32)c1. The minimum Gasteiger partial charge on any atom is -0.280 e. The molecule has 1 aromatic carbocycles. The van der Waals surface area contributed by atoms with Gasteiger partial charge in [-0.25, -0.2) is 14.4 Å². The van der Waals surface area contributed by atoms with Crippen LogP contribution in [0.25, 0.3) is 16.9 Å². The molecule has 0 atom stereocenters. The fourth-order valence-electron chi connectivity index (χ4n) is 2.17. The normalized spacial score (nSPS) is 11.1. The Morgan fingerprint density at radius 3 is 2.89 bits per heavy atom. The molecule has 0 fully saturated rings. The van der Waals surface area contributed by atoms with Crippen molar-refractivity contribution in [3.05, 3.63) is 53.7 Å². The maximum absolute atomic E-state index is 13.6. The first-order chi connectivity index (χ1) is 9.19. The Balaban J connectivity index is 2.34. The number of benzene rings is 1. The van der Waals surface area contributed by atoms with Crippen LogP contribution in [0.2, 0.25) is 0 Å². The number of hydrogen-bond donors (Lipinski definition) is 0. The van der Waals surface area contributed by atoms with E-state index in [0.717, 1.165) is 11.1 Å². The maximum atomic E-state index is 13.6. The lowest BCUT2D eigenvalue weighted by atomic mass is 10.2. The van der Waals surface area contributed by atoms with Crippen LogP contribution >= 0.6 is 11.6 Å². The van der Waals surface area contributed by atoms with Gasteiger partial charge in [-0.1, -0.05) is 0 Å².